The second-order valence-corrected chi connectivity index (χ2v) is 4.75. The first kappa shape index (κ1) is 16.3. The molecule has 0 radical (unpaired) electrons. The van der Waals surface area contributed by atoms with E-state index in [0.29, 0.717) is 17.9 Å². The molecule has 1 rings (SSSR count). The van der Waals surface area contributed by atoms with E-state index in [1.165, 1.54) is 0 Å². The molecule has 0 aliphatic rings. The number of hydrogen-bond donors (Lipinski definition) is 1. The number of halogens is 3. The third-order valence-electron chi connectivity index (χ3n) is 2.42. The molecule has 1 N–H and O–H groups in total. The summed E-state index contributed by atoms with van der Waals surface area (Å²) in [5.41, 5.74) is 0.691. The van der Waals surface area contributed by atoms with E-state index >= 15 is 0 Å². The van der Waals surface area contributed by atoms with E-state index < -0.39 is 19.1 Å². The summed E-state index contributed by atoms with van der Waals surface area (Å²) in [5.74, 6) is 0.701. The van der Waals surface area contributed by atoms with Crippen molar-refractivity contribution in [3.8, 4) is 5.75 Å². The second-order valence-electron chi connectivity index (χ2n) is 3.89. The lowest BCUT2D eigenvalue weighted by Crippen LogP contribution is -2.08. The predicted octanol–water partition coefficient (Wildman–Crippen LogP) is 3.55. The normalized spacial score (nSPS) is 12.7. The average molecular weight is 339 g/mol. The van der Waals surface area contributed by atoms with E-state index in [9.17, 15) is 13.9 Å². The SMILES string of the molecule is CCOc1ccc(C(O)CCOCC(F)F)cc1Br. The van der Waals surface area contributed by atoms with Gasteiger partial charge in [0.05, 0.1) is 17.2 Å². The molecule has 0 saturated heterocycles. The molecule has 0 aliphatic heterocycles. The summed E-state index contributed by atoms with van der Waals surface area (Å²) < 4.78 is 34.5. The van der Waals surface area contributed by atoms with Crippen LogP contribution in [-0.4, -0.2) is 31.4 Å². The Morgan fingerprint density at radius 1 is 1.37 bits per heavy atom. The van der Waals surface area contributed by atoms with Crippen LogP contribution in [0.5, 0.6) is 5.75 Å². The molecule has 0 aromatic heterocycles. The number of benzene rings is 1. The number of alkyl halides is 2. The molecular weight excluding hydrogens is 322 g/mol. The van der Waals surface area contributed by atoms with Crippen LogP contribution >= 0.6 is 15.9 Å². The van der Waals surface area contributed by atoms with Crippen LogP contribution in [0.4, 0.5) is 8.78 Å². The molecule has 0 bridgehead atoms. The summed E-state index contributed by atoms with van der Waals surface area (Å²) in [6.07, 6.45) is -2.95. The Kier molecular flexibility index (Phi) is 7.27. The summed E-state index contributed by atoms with van der Waals surface area (Å²) in [7, 11) is 0. The topological polar surface area (TPSA) is 38.7 Å². The number of aliphatic hydroxyl groups is 1. The van der Waals surface area contributed by atoms with E-state index in [1.807, 2.05) is 6.92 Å². The van der Waals surface area contributed by atoms with Crippen LogP contribution in [0, 0.1) is 0 Å². The van der Waals surface area contributed by atoms with Gasteiger partial charge >= 0.3 is 0 Å². The highest BCUT2D eigenvalue weighted by atomic mass is 79.9. The van der Waals surface area contributed by atoms with Crippen LogP contribution in [0.3, 0.4) is 0 Å². The first-order valence-corrected chi connectivity index (χ1v) is 6.80. The number of hydrogen-bond acceptors (Lipinski definition) is 3. The molecule has 1 aromatic carbocycles. The fourth-order valence-corrected chi connectivity index (χ4v) is 2.04. The van der Waals surface area contributed by atoms with Crippen LogP contribution in [-0.2, 0) is 4.74 Å². The van der Waals surface area contributed by atoms with Gasteiger partial charge in [-0.25, -0.2) is 8.78 Å². The standard InChI is InChI=1S/C13H17BrF2O3/c1-2-19-12-4-3-9(7-10(12)14)11(17)5-6-18-8-13(15)16/h3-4,7,11,13,17H,2,5-6,8H2,1H3. The molecule has 0 amide bonds. The average Bonchev–Trinajstić information content (AvgIpc) is 2.36. The van der Waals surface area contributed by atoms with Crippen molar-refractivity contribution < 1.29 is 23.4 Å². The maximum atomic E-state index is 11.8. The molecule has 1 unspecified atom stereocenters. The zero-order valence-electron chi connectivity index (χ0n) is 10.6. The van der Waals surface area contributed by atoms with Gasteiger partial charge < -0.3 is 14.6 Å². The molecule has 3 nitrogen and oxygen atoms in total. The Labute approximate surface area is 119 Å². The van der Waals surface area contributed by atoms with Gasteiger partial charge in [-0.2, -0.15) is 0 Å². The van der Waals surface area contributed by atoms with Crippen molar-refractivity contribution in [3.05, 3.63) is 28.2 Å². The summed E-state index contributed by atoms with van der Waals surface area (Å²) in [6.45, 7) is 1.94. The third kappa shape index (κ3) is 5.84. The lowest BCUT2D eigenvalue weighted by molar-refractivity contribution is 0.00480. The molecular formula is C13H17BrF2O3. The highest BCUT2D eigenvalue weighted by Gasteiger charge is 2.11. The molecule has 0 fully saturated rings. The molecule has 6 heteroatoms. The highest BCUT2D eigenvalue weighted by Crippen LogP contribution is 2.29. The van der Waals surface area contributed by atoms with E-state index in [-0.39, 0.29) is 13.0 Å². The van der Waals surface area contributed by atoms with Crippen LogP contribution in [0.25, 0.3) is 0 Å². The summed E-state index contributed by atoms with van der Waals surface area (Å²) in [4.78, 5) is 0. The van der Waals surface area contributed by atoms with E-state index in [1.54, 1.807) is 18.2 Å². The van der Waals surface area contributed by atoms with Gasteiger partial charge in [0.25, 0.3) is 6.43 Å². The van der Waals surface area contributed by atoms with E-state index in [2.05, 4.69) is 15.9 Å². The van der Waals surface area contributed by atoms with Crippen molar-refractivity contribution >= 4 is 15.9 Å². The van der Waals surface area contributed by atoms with Crippen molar-refractivity contribution in [1.82, 2.24) is 0 Å². The summed E-state index contributed by atoms with van der Waals surface area (Å²) >= 11 is 3.35. The minimum Gasteiger partial charge on any atom is -0.493 e. The Morgan fingerprint density at radius 2 is 2.11 bits per heavy atom. The van der Waals surface area contributed by atoms with Crippen LogP contribution in [0.2, 0.25) is 0 Å². The molecule has 1 atom stereocenters. The summed E-state index contributed by atoms with van der Waals surface area (Å²) in [6, 6.07) is 5.25. The molecule has 1 aromatic rings. The van der Waals surface area contributed by atoms with Gasteiger partial charge in [-0.05, 0) is 40.5 Å². The van der Waals surface area contributed by atoms with Gasteiger partial charge in [0, 0.05) is 13.0 Å². The first-order valence-electron chi connectivity index (χ1n) is 6.00. The monoisotopic (exact) mass is 338 g/mol. The fourth-order valence-electron chi connectivity index (χ4n) is 1.53. The molecule has 19 heavy (non-hydrogen) atoms. The Hall–Kier alpha value is -0.720. The lowest BCUT2D eigenvalue weighted by atomic mass is 10.1. The predicted molar refractivity (Wildman–Crippen MR) is 71.7 cm³/mol. The minimum atomic E-state index is -2.48. The molecule has 0 saturated carbocycles. The van der Waals surface area contributed by atoms with Crippen molar-refractivity contribution in [2.24, 2.45) is 0 Å². The minimum absolute atomic E-state index is 0.0936. The van der Waals surface area contributed by atoms with Gasteiger partial charge in [-0.1, -0.05) is 6.07 Å². The zero-order valence-corrected chi connectivity index (χ0v) is 12.2. The molecule has 0 aliphatic carbocycles. The smallest absolute Gasteiger partial charge is 0.261 e. The van der Waals surface area contributed by atoms with Gasteiger partial charge in [-0.3, -0.25) is 0 Å². The first-order chi connectivity index (χ1) is 9.04. The maximum Gasteiger partial charge on any atom is 0.261 e. The van der Waals surface area contributed by atoms with Crippen LogP contribution < -0.4 is 4.74 Å². The number of aliphatic hydroxyl groups excluding tert-OH is 1. The van der Waals surface area contributed by atoms with Crippen molar-refractivity contribution in [2.45, 2.75) is 25.9 Å². The van der Waals surface area contributed by atoms with Crippen LogP contribution in [0.1, 0.15) is 25.0 Å². The molecule has 0 spiro atoms. The van der Waals surface area contributed by atoms with Gasteiger partial charge in [0.15, 0.2) is 0 Å². The van der Waals surface area contributed by atoms with Crippen molar-refractivity contribution in [2.75, 3.05) is 19.8 Å². The van der Waals surface area contributed by atoms with Gasteiger partial charge in [-0.15, -0.1) is 0 Å². The van der Waals surface area contributed by atoms with Crippen molar-refractivity contribution in [3.63, 3.8) is 0 Å². The molecule has 0 heterocycles. The Bertz CT molecular complexity index is 388. The van der Waals surface area contributed by atoms with Gasteiger partial charge in [0.2, 0.25) is 0 Å². The second kappa shape index (κ2) is 8.45. The maximum absolute atomic E-state index is 11.8. The largest absolute Gasteiger partial charge is 0.493 e. The lowest BCUT2D eigenvalue weighted by Gasteiger charge is -2.13. The Morgan fingerprint density at radius 3 is 2.68 bits per heavy atom. The van der Waals surface area contributed by atoms with Crippen molar-refractivity contribution in [1.29, 1.82) is 0 Å². The van der Waals surface area contributed by atoms with Crippen LogP contribution in [0.15, 0.2) is 22.7 Å². The summed E-state index contributed by atoms with van der Waals surface area (Å²) in [5, 5.41) is 9.90. The zero-order chi connectivity index (χ0) is 14.3. The highest BCUT2D eigenvalue weighted by molar-refractivity contribution is 9.10. The third-order valence-corrected chi connectivity index (χ3v) is 3.04. The number of rotatable bonds is 8. The number of ether oxygens (including phenoxy) is 2. The van der Waals surface area contributed by atoms with E-state index in [0.717, 1.165) is 4.47 Å². The quantitative estimate of drug-likeness (QED) is 0.736. The molecule has 108 valence electrons. The van der Waals surface area contributed by atoms with Gasteiger partial charge in [0.1, 0.15) is 12.4 Å². The fraction of sp³-hybridized carbons (Fsp3) is 0.538. The van der Waals surface area contributed by atoms with E-state index in [4.69, 9.17) is 9.47 Å². The Balaban J connectivity index is 2.48.